The number of rotatable bonds is 2. The van der Waals surface area contributed by atoms with Gasteiger partial charge in [-0.2, -0.15) is 0 Å². The van der Waals surface area contributed by atoms with E-state index in [1.165, 1.54) is 22.3 Å². The van der Waals surface area contributed by atoms with Crippen LogP contribution in [-0.2, 0) is 24.1 Å². The van der Waals surface area contributed by atoms with Gasteiger partial charge < -0.3 is 11.1 Å². The topological polar surface area (TPSA) is 55.1 Å². The molecule has 0 radical (unpaired) electrons. The molecule has 1 amide bonds. The molecule has 3 heteroatoms. The molecule has 1 aliphatic heterocycles. The Kier molecular flexibility index (Phi) is 5.21. The number of hydrogen-bond acceptors (Lipinski definition) is 2. The third-order valence-corrected chi connectivity index (χ3v) is 4.13. The quantitative estimate of drug-likeness (QED) is 0.826. The van der Waals surface area contributed by atoms with E-state index in [0.717, 1.165) is 24.2 Å². The fourth-order valence-corrected chi connectivity index (χ4v) is 2.73. The summed E-state index contributed by atoms with van der Waals surface area (Å²) in [6.07, 6.45) is 2.62. The van der Waals surface area contributed by atoms with Gasteiger partial charge in [0.25, 0.3) is 0 Å². The van der Waals surface area contributed by atoms with Gasteiger partial charge in [-0.1, -0.05) is 38.1 Å². The maximum absolute atomic E-state index is 11.1. The largest absolute Gasteiger partial charge is 0.399 e. The van der Waals surface area contributed by atoms with Crippen LogP contribution < -0.4 is 11.1 Å². The van der Waals surface area contributed by atoms with E-state index in [0.29, 0.717) is 6.42 Å². The molecule has 2 aromatic carbocycles. The molecule has 1 heterocycles. The standard InChI is InChI=1S/C10H11NO.C9H13N/c1-2-7-4-3-5-9-8(7)6-10(12)11-9;1-3-8-5-4-6-9(10)7(8)2/h3-5H,2,6H2,1H3,(H,11,12);4-6H,3,10H2,1-2H3. The molecule has 1 aliphatic rings. The van der Waals surface area contributed by atoms with Crippen molar-refractivity contribution in [1.82, 2.24) is 0 Å². The molecule has 0 bridgehead atoms. The van der Waals surface area contributed by atoms with Gasteiger partial charge in [-0.05, 0) is 54.2 Å². The molecule has 0 aromatic heterocycles. The van der Waals surface area contributed by atoms with Crippen molar-refractivity contribution < 1.29 is 4.79 Å². The van der Waals surface area contributed by atoms with Crippen LogP contribution in [0.15, 0.2) is 36.4 Å². The highest BCUT2D eigenvalue weighted by molar-refractivity contribution is 5.99. The van der Waals surface area contributed by atoms with Gasteiger partial charge in [-0.3, -0.25) is 4.79 Å². The third-order valence-electron chi connectivity index (χ3n) is 4.13. The number of anilines is 2. The van der Waals surface area contributed by atoms with Gasteiger partial charge in [0, 0.05) is 11.4 Å². The maximum atomic E-state index is 11.1. The number of nitrogens with two attached hydrogens (primary N) is 1. The molecule has 0 aliphatic carbocycles. The molecule has 0 unspecified atom stereocenters. The lowest BCUT2D eigenvalue weighted by Crippen LogP contribution is -2.03. The van der Waals surface area contributed by atoms with E-state index in [-0.39, 0.29) is 5.91 Å². The Morgan fingerprint density at radius 2 is 1.68 bits per heavy atom. The molecular weight excluding hydrogens is 272 g/mol. The number of carbonyl (C=O) groups is 1. The summed E-state index contributed by atoms with van der Waals surface area (Å²) in [7, 11) is 0. The van der Waals surface area contributed by atoms with Gasteiger partial charge >= 0.3 is 0 Å². The lowest BCUT2D eigenvalue weighted by atomic mass is 10.0. The van der Waals surface area contributed by atoms with Crippen LogP contribution in [0.5, 0.6) is 0 Å². The zero-order valence-corrected chi connectivity index (χ0v) is 13.6. The summed E-state index contributed by atoms with van der Waals surface area (Å²) >= 11 is 0. The predicted octanol–water partition coefficient (Wildman–Crippen LogP) is 3.88. The third kappa shape index (κ3) is 3.48. The van der Waals surface area contributed by atoms with E-state index in [1.807, 2.05) is 24.3 Å². The minimum atomic E-state index is 0.117. The molecule has 0 atom stereocenters. The van der Waals surface area contributed by atoms with Crippen LogP contribution in [0.1, 0.15) is 36.1 Å². The van der Waals surface area contributed by atoms with Crippen molar-refractivity contribution in [2.24, 2.45) is 0 Å². The Morgan fingerprint density at radius 3 is 2.32 bits per heavy atom. The second-order valence-electron chi connectivity index (χ2n) is 5.51. The first-order valence-electron chi connectivity index (χ1n) is 7.81. The Hall–Kier alpha value is -2.29. The van der Waals surface area contributed by atoms with Crippen LogP contribution in [0.3, 0.4) is 0 Å². The van der Waals surface area contributed by atoms with Crippen LogP contribution in [0, 0.1) is 6.92 Å². The van der Waals surface area contributed by atoms with Crippen molar-refractivity contribution >= 4 is 17.3 Å². The van der Waals surface area contributed by atoms with Crippen molar-refractivity contribution in [3.63, 3.8) is 0 Å². The Morgan fingerprint density at radius 1 is 1.05 bits per heavy atom. The second kappa shape index (κ2) is 7.12. The molecule has 22 heavy (non-hydrogen) atoms. The van der Waals surface area contributed by atoms with Gasteiger partial charge in [0.15, 0.2) is 0 Å². The fourth-order valence-electron chi connectivity index (χ4n) is 2.73. The van der Waals surface area contributed by atoms with Gasteiger partial charge in [0.2, 0.25) is 5.91 Å². The molecule has 0 spiro atoms. The number of carbonyl (C=O) groups excluding carboxylic acids is 1. The molecule has 0 fully saturated rings. The van der Waals surface area contributed by atoms with Gasteiger partial charge in [-0.25, -0.2) is 0 Å². The maximum Gasteiger partial charge on any atom is 0.228 e. The van der Waals surface area contributed by atoms with Crippen molar-refractivity contribution in [1.29, 1.82) is 0 Å². The number of amides is 1. The van der Waals surface area contributed by atoms with E-state index in [4.69, 9.17) is 5.73 Å². The molecule has 3 nitrogen and oxygen atoms in total. The van der Waals surface area contributed by atoms with Crippen LogP contribution >= 0.6 is 0 Å². The minimum Gasteiger partial charge on any atom is -0.399 e. The van der Waals surface area contributed by atoms with Gasteiger partial charge in [0.1, 0.15) is 0 Å². The highest BCUT2D eigenvalue weighted by atomic mass is 16.1. The predicted molar refractivity (Wildman–Crippen MR) is 93.1 cm³/mol. The van der Waals surface area contributed by atoms with E-state index in [2.05, 4.69) is 38.2 Å². The first kappa shape index (κ1) is 16.1. The van der Waals surface area contributed by atoms with Crippen LogP contribution in [0.25, 0.3) is 0 Å². The number of benzene rings is 2. The van der Waals surface area contributed by atoms with Crippen molar-refractivity contribution in [2.75, 3.05) is 11.1 Å². The van der Waals surface area contributed by atoms with Crippen molar-refractivity contribution in [2.45, 2.75) is 40.0 Å². The summed E-state index contributed by atoms with van der Waals surface area (Å²) in [4.78, 5) is 11.1. The number of nitrogens with one attached hydrogen (secondary N) is 1. The fraction of sp³-hybridized carbons (Fsp3) is 0.316. The van der Waals surface area contributed by atoms with E-state index >= 15 is 0 Å². The van der Waals surface area contributed by atoms with Crippen molar-refractivity contribution in [3.05, 3.63) is 58.7 Å². The molecule has 2 aromatic rings. The summed E-state index contributed by atoms with van der Waals surface area (Å²) in [6.45, 7) is 6.31. The number of hydrogen-bond donors (Lipinski definition) is 2. The highest BCUT2D eigenvalue weighted by Gasteiger charge is 2.18. The number of nitrogen functional groups attached to an aromatic ring is 1. The average molecular weight is 296 g/mol. The second-order valence-corrected chi connectivity index (χ2v) is 5.51. The lowest BCUT2D eigenvalue weighted by Gasteiger charge is -2.04. The summed E-state index contributed by atoms with van der Waals surface area (Å²) < 4.78 is 0. The van der Waals surface area contributed by atoms with E-state index in [9.17, 15) is 4.79 Å². The molecule has 3 N–H and O–H groups in total. The number of fused-ring (bicyclic) bond motifs is 1. The average Bonchev–Trinajstić information content (AvgIpc) is 2.90. The normalized spacial score (nSPS) is 12.2. The lowest BCUT2D eigenvalue weighted by molar-refractivity contribution is -0.115. The summed E-state index contributed by atoms with van der Waals surface area (Å²) in [6, 6.07) is 12.1. The van der Waals surface area contributed by atoms with Crippen molar-refractivity contribution in [3.8, 4) is 0 Å². The first-order chi connectivity index (χ1) is 10.6. The summed E-state index contributed by atoms with van der Waals surface area (Å²) in [5.41, 5.74) is 12.6. The molecule has 3 rings (SSSR count). The zero-order chi connectivity index (χ0) is 16.1. The summed E-state index contributed by atoms with van der Waals surface area (Å²) in [5.74, 6) is 0.117. The minimum absolute atomic E-state index is 0.117. The number of aryl methyl sites for hydroxylation is 2. The van der Waals surface area contributed by atoms with Gasteiger partial charge in [0.05, 0.1) is 6.42 Å². The summed E-state index contributed by atoms with van der Waals surface area (Å²) in [5, 5.41) is 2.83. The molecular formula is C19H24N2O. The Bertz CT molecular complexity index is 677. The first-order valence-corrected chi connectivity index (χ1v) is 7.81. The van der Waals surface area contributed by atoms with Crippen LogP contribution in [0.2, 0.25) is 0 Å². The molecule has 0 saturated carbocycles. The highest BCUT2D eigenvalue weighted by Crippen LogP contribution is 2.26. The zero-order valence-electron chi connectivity index (χ0n) is 13.6. The van der Waals surface area contributed by atoms with Gasteiger partial charge in [-0.15, -0.1) is 0 Å². The molecule has 116 valence electrons. The van der Waals surface area contributed by atoms with Crippen LogP contribution in [-0.4, -0.2) is 5.91 Å². The Labute approximate surface area is 132 Å². The van der Waals surface area contributed by atoms with E-state index < -0.39 is 0 Å². The Balaban J connectivity index is 0.000000164. The monoisotopic (exact) mass is 296 g/mol. The van der Waals surface area contributed by atoms with E-state index in [1.54, 1.807) is 0 Å². The van der Waals surface area contributed by atoms with Crippen LogP contribution in [0.4, 0.5) is 11.4 Å². The SMILES string of the molecule is CCc1cccc(N)c1C.CCc1cccc2c1CC(=O)N2. The smallest absolute Gasteiger partial charge is 0.228 e. The molecule has 0 saturated heterocycles.